The van der Waals surface area contributed by atoms with Crippen LogP contribution in [0.2, 0.25) is 0 Å². The fourth-order valence-corrected chi connectivity index (χ4v) is 1.66. The second-order valence-electron chi connectivity index (χ2n) is 3.23. The van der Waals surface area contributed by atoms with Crippen LogP contribution in [-0.2, 0) is 11.3 Å². The van der Waals surface area contributed by atoms with Gasteiger partial charge in [0.1, 0.15) is 19.8 Å². The van der Waals surface area contributed by atoms with Gasteiger partial charge in [0.2, 0.25) is 0 Å². The zero-order chi connectivity index (χ0) is 9.54. The van der Waals surface area contributed by atoms with Crippen LogP contribution in [0.4, 0.5) is 0 Å². The molecule has 0 fully saturated rings. The fraction of sp³-hybridized carbons (Fsp3) is 0.300. The average Bonchev–Trinajstić information content (AvgIpc) is 2.57. The summed E-state index contributed by atoms with van der Waals surface area (Å²) in [5.74, 6) is 1.05. The Morgan fingerprint density at radius 2 is 1.71 bits per heavy atom. The molecule has 0 amide bonds. The highest BCUT2D eigenvalue weighted by Gasteiger charge is 2.25. The van der Waals surface area contributed by atoms with E-state index in [-0.39, 0.29) is 5.97 Å². The molecule has 72 valence electrons. The Morgan fingerprint density at radius 1 is 1.00 bits per heavy atom. The SMILES string of the molecule is O=C1OCc2cc3c(cc21)OCCO3. The first-order valence-electron chi connectivity index (χ1n) is 4.44. The minimum absolute atomic E-state index is 0.281. The highest BCUT2D eigenvalue weighted by atomic mass is 16.6. The van der Waals surface area contributed by atoms with Gasteiger partial charge in [-0.15, -0.1) is 0 Å². The van der Waals surface area contributed by atoms with Crippen LogP contribution in [-0.4, -0.2) is 19.2 Å². The van der Waals surface area contributed by atoms with E-state index < -0.39 is 0 Å². The van der Waals surface area contributed by atoms with Gasteiger partial charge in [-0.3, -0.25) is 0 Å². The smallest absolute Gasteiger partial charge is 0.339 e. The predicted molar refractivity (Wildman–Crippen MR) is 46.6 cm³/mol. The number of esters is 1. The molecule has 4 heteroatoms. The van der Waals surface area contributed by atoms with Crippen LogP contribution in [0.1, 0.15) is 15.9 Å². The van der Waals surface area contributed by atoms with Crippen molar-refractivity contribution in [2.75, 3.05) is 13.2 Å². The minimum atomic E-state index is -0.281. The molecule has 0 saturated heterocycles. The molecule has 0 saturated carbocycles. The van der Waals surface area contributed by atoms with Gasteiger partial charge >= 0.3 is 5.97 Å². The zero-order valence-electron chi connectivity index (χ0n) is 7.41. The summed E-state index contributed by atoms with van der Waals surface area (Å²) in [5.41, 5.74) is 1.47. The van der Waals surface area contributed by atoms with Crippen LogP contribution in [0, 0.1) is 0 Å². The Hall–Kier alpha value is -1.71. The van der Waals surface area contributed by atoms with Crippen LogP contribution < -0.4 is 9.47 Å². The van der Waals surface area contributed by atoms with Gasteiger partial charge in [-0.2, -0.15) is 0 Å². The van der Waals surface area contributed by atoms with Gasteiger partial charge in [-0.05, 0) is 12.1 Å². The largest absolute Gasteiger partial charge is 0.486 e. The van der Waals surface area contributed by atoms with E-state index in [1.165, 1.54) is 0 Å². The molecule has 0 aromatic heterocycles. The van der Waals surface area contributed by atoms with E-state index in [4.69, 9.17) is 14.2 Å². The average molecular weight is 192 g/mol. The maximum Gasteiger partial charge on any atom is 0.339 e. The lowest BCUT2D eigenvalue weighted by Gasteiger charge is -2.18. The number of benzene rings is 1. The van der Waals surface area contributed by atoms with Gasteiger partial charge in [0.15, 0.2) is 11.5 Å². The van der Waals surface area contributed by atoms with Gasteiger partial charge < -0.3 is 14.2 Å². The normalized spacial score (nSPS) is 17.6. The summed E-state index contributed by atoms with van der Waals surface area (Å²) in [6.45, 7) is 1.42. The van der Waals surface area contributed by atoms with Gasteiger partial charge in [-0.25, -0.2) is 4.79 Å². The Balaban J connectivity index is 2.15. The van der Waals surface area contributed by atoms with E-state index in [1.807, 2.05) is 6.07 Å². The maximum atomic E-state index is 11.2. The second-order valence-corrected chi connectivity index (χ2v) is 3.23. The lowest BCUT2D eigenvalue weighted by Crippen LogP contribution is -2.15. The molecule has 1 aromatic rings. The topological polar surface area (TPSA) is 44.8 Å². The summed E-state index contributed by atoms with van der Waals surface area (Å²) in [6, 6.07) is 3.51. The van der Waals surface area contributed by atoms with Crippen LogP contribution in [0.25, 0.3) is 0 Å². The van der Waals surface area contributed by atoms with Gasteiger partial charge in [-0.1, -0.05) is 0 Å². The summed E-state index contributed by atoms with van der Waals surface area (Å²) in [5, 5.41) is 0. The van der Waals surface area contributed by atoms with Gasteiger partial charge in [0.25, 0.3) is 0 Å². The number of hydrogen-bond acceptors (Lipinski definition) is 4. The van der Waals surface area contributed by atoms with Crippen molar-refractivity contribution in [1.82, 2.24) is 0 Å². The third-order valence-electron chi connectivity index (χ3n) is 2.35. The standard InChI is InChI=1S/C10H8O4/c11-10-7-4-9-8(12-1-2-13-9)3-6(7)5-14-10/h3-4H,1-2,5H2. The van der Waals surface area contributed by atoms with Crippen molar-refractivity contribution in [1.29, 1.82) is 0 Å². The third kappa shape index (κ3) is 0.968. The van der Waals surface area contributed by atoms with E-state index in [0.29, 0.717) is 36.9 Å². The first-order chi connectivity index (χ1) is 6.84. The predicted octanol–water partition coefficient (Wildman–Crippen LogP) is 1.13. The lowest BCUT2D eigenvalue weighted by atomic mass is 10.1. The van der Waals surface area contributed by atoms with Crippen molar-refractivity contribution in [3.05, 3.63) is 23.3 Å². The molecular formula is C10H8O4. The molecule has 0 atom stereocenters. The van der Waals surface area contributed by atoms with Crippen molar-refractivity contribution < 1.29 is 19.0 Å². The zero-order valence-corrected chi connectivity index (χ0v) is 7.41. The van der Waals surface area contributed by atoms with Crippen molar-refractivity contribution in [3.8, 4) is 11.5 Å². The van der Waals surface area contributed by atoms with E-state index in [1.54, 1.807) is 6.07 Å². The number of cyclic esters (lactones) is 1. The molecule has 0 aliphatic carbocycles. The molecule has 0 radical (unpaired) electrons. The number of rotatable bonds is 0. The van der Waals surface area contributed by atoms with Crippen LogP contribution in [0.15, 0.2) is 12.1 Å². The summed E-state index contributed by atoms with van der Waals surface area (Å²) in [7, 11) is 0. The summed E-state index contributed by atoms with van der Waals surface area (Å²) in [6.07, 6.45) is 0. The molecule has 1 aromatic carbocycles. The van der Waals surface area contributed by atoms with Crippen LogP contribution in [0.3, 0.4) is 0 Å². The molecule has 0 N–H and O–H groups in total. The maximum absolute atomic E-state index is 11.2. The minimum Gasteiger partial charge on any atom is -0.486 e. The number of fused-ring (bicyclic) bond motifs is 2. The van der Waals surface area contributed by atoms with E-state index in [9.17, 15) is 4.79 Å². The quantitative estimate of drug-likeness (QED) is 0.578. The summed E-state index contributed by atoms with van der Waals surface area (Å²) >= 11 is 0. The number of carbonyl (C=O) groups is 1. The van der Waals surface area contributed by atoms with E-state index >= 15 is 0 Å². The van der Waals surface area contributed by atoms with Crippen LogP contribution >= 0.6 is 0 Å². The van der Waals surface area contributed by atoms with Crippen molar-refractivity contribution in [3.63, 3.8) is 0 Å². The Morgan fingerprint density at radius 3 is 2.50 bits per heavy atom. The Kier molecular flexibility index (Phi) is 1.45. The second kappa shape index (κ2) is 2.64. The molecule has 0 unspecified atom stereocenters. The molecule has 4 nitrogen and oxygen atoms in total. The first-order valence-corrected chi connectivity index (χ1v) is 4.44. The number of hydrogen-bond donors (Lipinski definition) is 0. The monoisotopic (exact) mass is 192 g/mol. The van der Waals surface area contributed by atoms with Gasteiger partial charge in [0, 0.05) is 5.56 Å². The molecule has 3 rings (SSSR count). The Labute approximate surface area is 80.4 Å². The first kappa shape index (κ1) is 7.67. The number of ether oxygens (including phenoxy) is 3. The molecule has 14 heavy (non-hydrogen) atoms. The fourth-order valence-electron chi connectivity index (χ4n) is 1.66. The van der Waals surface area contributed by atoms with E-state index in [0.717, 1.165) is 5.56 Å². The Bertz CT molecular complexity index is 411. The van der Waals surface area contributed by atoms with Gasteiger partial charge in [0.05, 0.1) is 5.56 Å². The lowest BCUT2D eigenvalue weighted by molar-refractivity contribution is 0.0535. The van der Waals surface area contributed by atoms with Crippen molar-refractivity contribution in [2.24, 2.45) is 0 Å². The summed E-state index contributed by atoms with van der Waals surface area (Å²) < 4.78 is 15.6. The molecule has 2 aliphatic heterocycles. The molecule has 0 spiro atoms. The highest BCUT2D eigenvalue weighted by molar-refractivity contribution is 5.94. The number of carbonyl (C=O) groups excluding carboxylic acids is 1. The van der Waals surface area contributed by atoms with Crippen LogP contribution in [0.5, 0.6) is 11.5 Å². The summed E-state index contributed by atoms with van der Waals surface area (Å²) in [4.78, 5) is 11.2. The highest BCUT2D eigenvalue weighted by Crippen LogP contribution is 2.35. The van der Waals surface area contributed by atoms with Crippen molar-refractivity contribution >= 4 is 5.97 Å². The molecule has 0 bridgehead atoms. The van der Waals surface area contributed by atoms with Crippen molar-refractivity contribution in [2.45, 2.75) is 6.61 Å². The third-order valence-corrected chi connectivity index (χ3v) is 2.35. The molecular weight excluding hydrogens is 184 g/mol. The molecule has 2 aliphatic rings. The molecule has 2 heterocycles. The van der Waals surface area contributed by atoms with E-state index in [2.05, 4.69) is 0 Å².